The summed E-state index contributed by atoms with van der Waals surface area (Å²) >= 11 is 12.4. The molecule has 0 radical (unpaired) electrons. The Bertz CT molecular complexity index is 1190. The van der Waals surface area contributed by atoms with Gasteiger partial charge in [0.15, 0.2) is 0 Å². The molecule has 3 aromatic rings. The van der Waals surface area contributed by atoms with Crippen LogP contribution in [0.3, 0.4) is 0 Å². The summed E-state index contributed by atoms with van der Waals surface area (Å²) in [6, 6.07) is 19.4. The summed E-state index contributed by atoms with van der Waals surface area (Å²) in [6.45, 7) is 0.0282. The molecule has 1 N–H and O–H groups in total. The van der Waals surface area contributed by atoms with Crippen LogP contribution in [-0.4, -0.2) is 34.7 Å². The highest BCUT2D eigenvalue weighted by Gasteiger charge is 2.31. The Morgan fingerprint density at radius 2 is 1.68 bits per heavy atom. The molecule has 0 saturated carbocycles. The predicted molar refractivity (Wildman–Crippen MR) is 132 cm³/mol. The maximum Gasteiger partial charge on any atom is 0.273 e. The van der Waals surface area contributed by atoms with Crippen LogP contribution in [0.5, 0.6) is 0 Å². The average Bonchev–Trinajstić information content (AvgIpc) is 2.82. The second kappa shape index (κ2) is 11.6. The highest BCUT2D eigenvalue weighted by molar-refractivity contribution is 6.35. The van der Waals surface area contributed by atoms with Gasteiger partial charge in [-0.15, -0.1) is 0 Å². The number of nitro groups is 1. The lowest BCUT2D eigenvalue weighted by Crippen LogP contribution is -2.50. The Morgan fingerprint density at radius 3 is 2.32 bits per heavy atom. The maximum absolute atomic E-state index is 13.6. The van der Waals surface area contributed by atoms with E-state index in [0.29, 0.717) is 15.6 Å². The van der Waals surface area contributed by atoms with E-state index in [0.717, 1.165) is 5.56 Å². The van der Waals surface area contributed by atoms with Crippen LogP contribution < -0.4 is 5.32 Å². The van der Waals surface area contributed by atoms with E-state index < -0.39 is 16.9 Å². The third-order valence-electron chi connectivity index (χ3n) is 5.40. The molecule has 0 aliphatic rings. The first-order valence-corrected chi connectivity index (χ1v) is 11.3. The van der Waals surface area contributed by atoms with E-state index in [1.165, 1.54) is 24.1 Å². The lowest BCUT2D eigenvalue weighted by atomic mass is 10.0. The number of amides is 2. The largest absolute Gasteiger partial charge is 0.357 e. The topological polar surface area (TPSA) is 92.6 Å². The van der Waals surface area contributed by atoms with Crippen LogP contribution >= 0.6 is 23.2 Å². The minimum absolute atomic E-state index is 0.0282. The third-order valence-corrected chi connectivity index (χ3v) is 5.99. The van der Waals surface area contributed by atoms with Crippen LogP contribution in [0, 0.1) is 10.1 Å². The number of carbonyl (C=O) groups excluding carboxylic acids is 2. The SMILES string of the molecule is CNC(=O)C(Cc1ccccc1)N(Cc1ccc(Cl)cc1Cl)C(=O)Cc1ccccc1[N+](=O)[O-]. The minimum atomic E-state index is -0.866. The summed E-state index contributed by atoms with van der Waals surface area (Å²) in [5, 5.41) is 14.9. The van der Waals surface area contributed by atoms with E-state index in [2.05, 4.69) is 5.32 Å². The van der Waals surface area contributed by atoms with E-state index in [9.17, 15) is 19.7 Å². The van der Waals surface area contributed by atoms with Gasteiger partial charge in [0.25, 0.3) is 5.69 Å². The van der Waals surface area contributed by atoms with Crippen molar-refractivity contribution in [1.29, 1.82) is 0 Å². The fourth-order valence-electron chi connectivity index (χ4n) is 3.66. The fourth-order valence-corrected chi connectivity index (χ4v) is 4.13. The van der Waals surface area contributed by atoms with E-state index in [4.69, 9.17) is 23.2 Å². The molecule has 1 atom stereocenters. The number of nitro benzene ring substituents is 1. The second-order valence-corrected chi connectivity index (χ2v) is 8.48. The van der Waals surface area contributed by atoms with Gasteiger partial charge < -0.3 is 10.2 Å². The monoisotopic (exact) mass is 499 g/mol. The Labute approximate surface area is 207 Å². The van der Waals surface area contributed by atoms with Crippen molar-refractivity contribution in [3.05, 3.63) is 110 Å². The zero-order chi connectivity index (χ0) is 24.7. The Kier molecular flexibility index (Phi) is 8.62. The number of likely N-dealkylation sites (N-methyl/N-ethyl adjacent to an activating group) is 1. The summed E-state index contributed by atoms with van der Waals surface area (Å²) in [5.74, 6) is -0.797. The molecule has 0 heterocycles. The van der Waals surface area contributed by atoms with Crippen molar-refractivity contribution in [2.45, 2.75) is 25.4 Å². The molecule has 2 amide bonds. The first kappa shape index (κ1) is 25.2. The molecule has 0 spiro atoms. The minimum Gasteiger partial charge on any atom is -0.357 e. The van der Waals surface area contributed by atoms with Crippen LogP contribution in [0.1, 0.15) is 16.7 Å². The van der Waals surface area contributed by atoms with Gasteiger partial charge in [-0.05, 0) is 23.3 Å². The average molecular weight is 500 g/mol. The van der Waals surface area contributed by atoms with Gasteiger partial charge >= 0.3 is 0 Å². The van der Waals surface area contributed by atoms with Gasteiger partial charge in [0.1, 0.15) is 6.04 Å². The zero-order valence-electron chi connectivity index (χ0n) is 18.4. The lowest BCUT2D eigenvalue weighted by Gasteiger charge is -2.31. The molecule has 3 aromatic carbocycles. The first-order valence-electron chi connectivity index (χ1n) is 10.5. The summed E-state index contributed by atoms with van der Waals surface area (Å²) in [6.07, 6.45) is 0.0129. The maximum atomic E-state index is 13.6. The number of nitrogens with one attached hydrogen (secondary N) is 1. The van der Waals surface area contributed by atoms with Crippen molar-refractivity contribution in [3.8, 4) is 0 Å². The van der Waals surface area contributed by atoms with Crippen molar-refractivity contribution >= 4 is 40.7 Å². The van der Waals surface area contributed by atoms with Crippen molar-refractivity contribution in [3.63, 3.8) is 0 Å². The van der Waals surface area contributed by atoms with Crippen molar-refractivity contribution in [2.75, 3.05) is 7.05 Å². The van der Waals surface area contributed by atoms with Gasteiger partial charge in [-0.3, -0.25) is 19.7 Å². The highest BCUT2D eigenvalue weighted by Crippen LogP contribution is 2.25. The Hall–Kier alpha value is -3.42. The summed E-state index contributed by atoms with van der Waals surface area (Å²) in [7, 11) is 1.50. The molecule has 0 aliphatic carbocycles. The fraction of sp³-hybridized carbons (Fsp3) is 0.200. The van der Waals surface area contributed by atoms with Gasteiger partial charge in [-0.2, -0.15) is 0 Å². The predicted octanol–water partition coefficient (Wildman–Crippen LogP) is 4.83. The first-order chi connectivity index (χ1) is 16.3. The molecule has 7 nitrogen and oxygen atoms in total. The molecule has 0 aliphatic heterocycles. The smallest absolute Gasteiger partial charge is 0.273 e. The third kappa shape index (κ3) is 6.34. The second-order valence-electron chi connectivity index (χ2n) is 7.64. The lowest BCUT2D eigenvalue weighted by molar-refractivity contribution is -0.385. The number of rotatable bonds is 9. The van der Waals surface area contributed by atoms with Crippen molar-refractivity contribution in [1.82, 2.24) is 10.2 Å². The van der Waals surface area contributed by atoms with Gasteiger partial charge in [0.2, 0.25) is 11.8 Å². The quantitative estimate of drug-likeness (QED) is 0.337. The molecular weight excluding hydrogens is 477 g/mol. The Balaban J connectivity index is 2.01. The summed E-state index contributed by atoms with van der Waals surface area (Å²) < 4.78 is 0. The number of benzene rings is 3. The van der Waals surface area contributed by atoms with E-state index in [-0.39, 0.29) is 36.5 Å². The van der Waals surface area contributed by atoms with Crippen LogP contribution in [0.15, 0.2) is 72.8 Å². The zero-order valence-corrected chi connectivity index (χ0v) is 19.9. The van der Waals surface area contributed by atoms with Gasteiger partial charge in [0, 0.05) is 41.7 Å². The number of halogens is 2. The molecular formula is C25H23Cl2N3O4. The summed E-state index contributed by atoms with van der Waals surface area (Å²) in [5.41, 5.74) is 1.57. The van der Waals surface area contributed by atoms with Crippen LogP contribution in [-0.2, 0) is 29.0 Å². The van der Waals surface area contributed by atoms with Crippen molar-refractivity contribution < 1.29 is 14.5 Å². The molecule has 3 rings (SSSR count). The molecule has 9 heteroatoms. The van der Waals surface area contributed by atoms with Crippen LogP contribution in [0.2, 0.25) is 10.0 Å². The van der Waals surface area contributed by atoms with Gasteiger partial charge in [-0.1, -0.05) is 77.8 Å². The highest BCUT2D eigenvalue weighted by atomic mass is 35.5. The molecule has 1 unspecified atom stereocenters. The number of hydrogen-bond acceptors (Lipinski definition) is 4. The van der Waals surface area contributed by atoms with Crippen LogP contribution in [0.25, 0.3) is 0 Å². The van der Waals surface area contributed by atoms with Gasteiger partial charge in [0.05, 0.1) is 11.3 Å². The number of hydrogen-bond donors (Lipinski definition) is 1. The number of para-hydroxylation sites is 1. The molecule has 0 fully saturated rings. The standard InChI is InChI=1S/C25H23Cl2N3O4/c1-28-25(32)23(13-17-7-3-2-4-8-17)29(16-19-11-12-20(26)15-21(19)27)24(31)14-18-9-5-6-10-22(18)30(33)34/h2-12,15,23H,13-14,16H2,1H3,(H,28,32). The molecule has 0 bridgehead atoms. The van der Waals surface area contributed by atoms with E-state index >= 15 is 0 Å². The van der Waals surface area contributed by atoms with E-state index in [1.54, 1.807) is 30.3 Å². The number of nitrogens with zero attached hydrogens (tertiary/aromatic N) is 2. The normalized spacial score (nSPS) is 11.5. The molecule has 176 valence electrons. The van der Waals surface area contributed by atoms with E-state index in [1.807, 2.05) is 30.3 Å². The summed E-state index contributed by atoms with van der Waals surface area (Å²) in [4.78, 5) is 38.9. The van der Waals surface area contributed by atoms with Gasteiger partial charge in [-0.25, -0.2) is 0 Å². The molecule has 0 aromatic heterocycles. The Morgan fingerprint density at radius 1 is 1.00 bits per heavy atom. The van der Waals surface area contributed by atoms with Crippen molar-refractivity contribution in [2.24, 2.45) is 0 Å². The van der Waals surface area contributed by atoms with Crippen LogP contribution in [0.4, 0.5) is 5.69 Å². The molecule has 0 saturated heterocycles. The molecule has 34 heavy (non-hydrogen) atoms. The number of carbonyl (C=O) groups is 2.